The lowest BCUT2D eigenvalue weighted by molar-refractivity contribution is 0.450. The van der Waals surface area contributed by atoms with Crippen molar-refractivity contribution in [2.45, 2.75) is 18.8 Å². The smallest absolute Gasteiger partial charge is 0.219 e. The SMILES string of the molecule is Oc1[c]ccc(C2CC2)n1. The molecule has 2 rings (SSSR count). The fraction of sp³-hybridized carbons (Fsp3) is 0.375. The predicted octanol–water partition coefficient (Wildman–Crippen LogP) is 1.46. The number of rotatable bonds is 1. The van der Waals surface area contributed by atoms with Crippen LogP contribution >= 0.6 is 0 Å². The zero-order chi connectivity index (χ0) is 6.97. The average molecular weight is 134 g/mol. The Morgan fingerprint density at radius 1 is 1.60 bits per heavy atom. The monoisotopic (exact) mass is 134 g/mol. The number of hydrogen-bond donors (Lipinski definition) is 1. The molecule has 0 unspecified atom stereocenters. The molecule has 1 aliphatic rings. The van der Waals surface area contributed by atoms with Gasteiger partial charge in [-0.25, -0.2) is 4.98 Å². The van der Waals surface area contributed by atoms with Crippen molar-refractivity contribution in [1.82, 2.24) is 4.98 Å². The molecule has 2 heteroatoms. The van der Waals surface area contributed by atoms with Crippen molar-refractivity contribution in [2.24, 2.45) is 0 Å². The summed E-state index contributed by atoms with van der Waals surface area (Å²) >= 11 is 0. The van der Waals surface area contributed by atoms with Crippen LogP contribution in [-0.4, -0.2) is 10.1 Å². The van der Waals surface area contributed by atoms with E-state index in [1.165, 1.54) is 12.8 Å². The van der Waals surface area contributed by atoms with Gasteiger partial charge in [0.25, 0.3) is 0 Å². The highest BCUT2D eigenvalue weighted by atomic mass is 16.3. The zero-order valence-electron chi connectivity index (χ0n) is 5.54. The summed E-state index contributed by atoms with van der Waals surface area (Å²) in [6.07, 6.45) is 2.44. The summed E-state index contributed by atoms with van der Waals surface area (Å²) in [5.41, 5.74) is 1.01. The van der Waals surface area contributed by atoms with E-state index >= 15 is 0 Å². The van der Waals surface area contributed by atoms with E-state index in [1.54, 1.807) is 6.07 Å². The van der Waals surface area contributed by atoms with Gasteiger partial charge in [-0.15, -0.1) is 0 Å². The van der Waals surface area contributed by atoms with Crippen molar-refractivity contribution < 1.29 is 5.11 Å². The van der Waals surface area contributed by atoms with Crippen LogP contribution in [0.1, 0.15) is 24.5 Å². The maximum atomic E-state index is 8.92. The number of aromatic nitrogens is 1. The van der Waals surface area contributed by atoms with Crippen LogP contribution in [0.2, 0.25) is 0 Å². The Bertz CT molecular complexity index is 243. The van der Waals surface area contributed by atoms with E-state index in [9.17, 15) is 0 Å². The van der Waals surface area contributed by atoms with Crippen molar-refractivity contribution in [3.8, 4) is 5.88 Å². The Morgan fingerprint density at radius 2 is 2.40 bits per heavy atom. The van der Waals surface area contributed by atoms with E-state index in [-0.39, 0.29) is 5.88 Å². The van der Waals surface area contributed by atoms with Crippen molar-refractivity contribution in [3.05, 3.63) is 23.9 Å². The van der Waals surface area contributed by atoms with Gasteiger partial charge in [0, 0.05) is 17.7 Å². The molecule has 2 nitrogen and oxygen atoms in total. The molecule has 51 valence electrons. The summed E-state index contributed by atoms with van der Waals surface area (Å²) in [5.74, 6) is 0.630. The van der Waals surface area contributed by atoms with Crippen LogP contribution in [0, 0.1) is 6.07 Å². The van der Waals surface area contributed by atoms with Crippen molar-refractivity contribution in [3.63, 3.8) is 0 Å². The van der Waals surface area contributed by atoms with Gasteiger partial charge < -0.3 is 5.11 Å². The minimum atomic E-state index is 0.0180. The van der Waals surface area contributed by atoms with Gasteiger partial charge in [0.2, 0.25) is 5.88 Å². The Hall–Kier alpha value is -1.05. The molecule has 0 saturated heterocycles. The summed E-state index contributed by atoms with van der Waals surface area (Å²) < 4.78 is 0. The minimum Gasteiger partial charge on any atom is -0.493 e. The van der Waals surface area contributed by atoms with Gasteiger partial charge in [0.1, 0.15) is 0 Å². The van der Waals surface area contributed by atoms with Gasteiger partial charge in [-0.3, -0.25) is 0 Å². The molecule has 1 aromatic heterocycles. The van der Waals surface area contributed by atoms with Crippen LogP contribution in [0.25, 0.3) is 0 Å². The van der Waals surface area contributed by atoms with E-state index in [4.69, 9.17) is 5.11 Å². The minimum absolute atomic E-state index is 0.0180. The summed E-state index contributed by atoms with van der Waals surface area (Å²) in [5, 5.41) is 8.92. The third-order valence-electron chi connectivity index (χ3n) is 1.70. The molecule has 0 bridgehead atoms. The first kappa shape index (κ1) is 5.71. The average Bonchev–Trinajstić information content (AvgIpc) is 2.68. The first-order valence-corrected chi connectivity index (χ1v) is 3.44. The van der Waals surface area contributed by atoms with E-state index in [2.05, 4.69) is 11.1 Å². The molecule has 1 fully saturated rings. The molecule has 1 N–H and O–H groups in total. The molecular formula is C8H8NO. The first-order chi connectivity index (χ1) is 4.86. The normalized spacial score (nSPS) is 17.2. The number of pyridine rings is 1. The summed E-state index contributed by atoms with van der Waals surface area (Å²) in [6, 6.07) is 6.23. The Balaban J connectivity index is 2.32. The van der Waals surface area contributed by atoms with E-state index in [0.717, 1.165) is 5.69 Å². The highest BCUT2D eigenvalue weighted by molar-refractivity contribution is 5.19. The Morgan fingerprint density at radius 3 is 3.00 bits per heavy atom. The molecule has 0 atom stereocenters. The molecule has 1 aliphatic carbocycles. The molecule has 10 heavy (non-hydrogen) atoms. The molecule has 0 spiro atoms. The number of aromatic hydroxyl groups is 1. The third kappa shape index (κ3) is 0.967. The van der Waals surface area contributed by atoms with Crippen LogP contribution in [0.3, 0.4) is 0 Å². The first-order valence-electron chi connectivity index (χ1n) is 3.44. The lowest BCUT2D eigenvalue weighted by Gasteiger charge is -1.94. The van der Waals surface area contributed by atoms with Gasteiger partial charge in [-0.2, -0.15) is 0 Å². The van der Waals surface area contributed by atoms with Crippen LogP contribution in [0.4, 0.5) is 0 Å². The molecule has 1 aromatic rings. The van der Waals surface area contributed by atoms with Crippen LogP contribution < -0.4 is 0 Å². The molecular weight excluding hydrogens is 126 g/mol. The second-order valence-electron chi connectivity index (χ2n) is 2.61. The van der Waals surface area contributed by atoms with Crippen LogP contribution in [0.5, 0.6) is 5.88 Å². The van der Waals surface area contributed by atoms with Gasteiger partial charge in [-0.05, 0) is 25.0 Å². The third-order valence-corrected chi connectivity index (χ3v) is 1.70. The fourth-order valence-electron chi connectivity index (χ4n) is 1.000. The van der Waals surface area contributed by atoms with Crippen molar-refractivity contribution in [2.75, 3.05) is 0 Å². The van der Waals surface area contributed by atoms with E-state index in [0.29, 0.717) is 5.92 Å². The summed E-state index contributed by atoms with van der Waals surface area (Å²) in [7, 11) is 0. The lowest BCUT2D eigenvalue weighted by atomic mass is 10.2. The molecule has 0 aromatic carbocycles. The maximum Gasteiger partial charge on any atom is 0.219 e. The van der Waals surface area contributed by atoms with Crippen LogP contribution in [-0.2, 0) is 0 Å². The summed E-state index contributed by atoms with van der Waals surface area (Å²) in [6.45, 7) is 0. The zero-order valence-corrected chi connectivity index (χ0v) is 5.54. The molecule has 0 aliphatic heterocycles. The van der Waals surface area contributed by atoms with E-state index in [1.807, 2.05) is 6.07 Å². The van der Waals surface area contributed by atoms with Crippen molar-refractivity contribution >= 4 is 0 Å². The highest BCUT2D eigenvalue weighted by Crippen LogP contribution is 2.39. The molecule has 1 saturated carbocycles. The maximum absolute atomic E-state index is 8.92. The highest BCUT2D eigenvalue weighted by Gasteiger charge is 2.24. The van der Waals surface area contributed by atoms with Gasteiger partial charge in [-0.1, -0.05) is 0 Å². The Labute approximate surface area is 59.5 Å². The fourth-order valence-corrected chi connectivity index (χ4v) is 1.000. The second-order valence-corrected chi connectivity index (χ2v) is 2.61. The number of hydrogen-bond acceptors (Lipinski definition) is 2. The second kappa shape index (κ2) is 1.97. The molecule has 1 radical (unpaired) electrons. The predicted molar refractivity (Wildman–Crippen MR) is 36.7 cm³/mol. The Kier molecular flexibility index (Phi) is 1.13. The largest absolute Gasteiger partial charge is 0.493 e. The molecule has 0 amide bonds. The topological polar surface area (TPSA) is 33.1 Å². The lowest BCUT2D eigenvalue weighted by Crippen LogP contribution is -1.83. The quantitative estimate of drug-likeness (QED) is 0.630. The van der Waals surface area contributed by atoms with Gasteiger partial charge >= 0.3 is 0 Å². The summed E-state index contributed by atoms with van der Waals surface area (Å²) in [4.78, 5) is 3.94. The standard InChI is InChI=1S/C8H8NO/c10-8-3-1-2-7(9-8)6-4-5-6/h1-2,6H,4-5H2,(H,9,10). The van der Waals surface area contributed by atoms with Gasteiger partial charge in [0.15, 0.2) is 0 Å². The van der Waals surface area contributed by atoms with Crippen molar-refractivity contribution in [1.29, 1.82) is 0 Å². The molecule has 1 heterocycles. The number of nitrogens with zero attached hydrogens (tertiary/aromatic N) is 1. The van der Waals surface area contributed by atoms with Gasteiger partial charge in [0.05, 0.1) is 0 Å². The van der Waals surface area contributed by atoms with E-state index < -0.39 is 0 Å². The van der Waals surface area contributed by atoms with Crippen LogP contribution in [0.15, 0.2) is 12.1 Å².